The zero-order chi connectivity index (χ0) is 18.2. The third-order valence-corrected chi connectivity index (χ3v) is 5.50. The van der Waals surface area contributed by atoms with Crippen LogP contribution < -0.4 is 10.6 Å². The molecule has 2 aliphatic heterocycles. The Morgan fingerprint density at radius 1 is 1.15 bits per heavy atom. The standard InChI is InChI=1S/C21H31N3O2/c25-20(22-12-7-15-24-13-5-1-2-6-14-24)11-10-18-16-17-8-3-4-9-19(17)23-21(18)26/h3-4,8-9,18H,1-2,5-7,10-16H2,(H,22,25)(H,23,26). The van der Waals surface area contributed by atoms with Crippen LogP contribution in [0.2, 0.25) is 0 Å². The monoisotopic (exact) mass is 357 g/mol. The first-order valence-corrected chi connectivity index (χ1v) is 10.1. The lowest BCUT2D eigenvalue weighted by atomic mass is 9.89. The van der Waals surface area contributed by atoms with E-state index in [9.17, 15) is 9.59 Å². The molecule has 1 atom stereocenters. The van der Waals surface area contributed by atoms with Gasteiger partial charge in [0.2, 0.25) is 11.8 Å². The average Bonchev–Trinajstić information content (AvgIpc) is 2.92. The number of benzene rings is 1. The van der Waals surface area contributed by atoms with Crippen molar-refractivity contribution in [3.8, 4) is 0 Å². The predicted molar refractivity (Wildman–Crippen MR) is 104 cm³/mol. The van der Waals surface area contributed by atoms with E-state index in [0.29, 0.717) is 12.8 Å². The maximum Gasteiger partial charge on any atom is 0.227 e. The largest absolute Gasteiger partial charge is 0.356 e. The second kappa shape index (κ2) is 9.72. The van der Waals surface area contributed by atoms with E-state index in [4.69, 9.17) is 0 Å². The van der Waals surface area contributed by atoms with Crippen LogP contribution in [-0.4, -0.2) is 42.9 Å². The zero-order valence-electron chi connectivity index (χ0n) is 15.6. The van der Waals surface area contributed by atoms with Crippen molar-refractivity contribution in [2.24, 2.45) is 5.92 Å². The van der Waals surface area contributed by atoms with Crippen LogP contribution in [0.25, 0.3) is 0 Å². The topological polar surface area (TPSA) is 61.4 Å². The molecule has 5 nitrogen and oxygen atoms in total. The highest BCUT2D eigenvalue weighted by atomic mass is 16.2. The lowest BCUT2D eigenvalue weighted by Crippen LogP contribution is -2.33. The molecule has 0 saturated carbocycles. The smallest absolute Gasteiger partial charge is 0.227 e. The molecule has 3 rings (SSSR count). The van der Waals surface area contributed by atoms with Gasteiger partial charge >= 0.3 is 0 Å². The maximum atomic E-state index is 12.2. The molecule has 1 aromatic rings. The Morgan fingerprint density at radius 2 is 1.92 bits per heavy atom. The van der Waals surface area contributed by atoms with Crippen LogP contribution in [0.15, 0.2) is 24.3 Å². The minimum absolute atomic E-state index is 0.0395. The molecule has 0 bridgehead atoms. The molecule has 0 radical (unpaired) electrons. The van der Waals surface area contributed by atoms with Crippen molar-refractivity contribution in [2.45, 2.75) is 51.4 Å². The molecule has 1 saturated heterocycles. The molecule has 1 fully saturated rings. The molecule has 2 amide bonds. The summed E-state index contributed by atoms with van der Waals surface area (Å²) in [5, 5.41) is 5.97. The van der Waals surface area contributed by atoms with E-state index >= 15 is 0 Å². The second-order valence-corrected chi connectivity index (χ2v) is 7.55. The number of rotatable bonds is 7. The third kappa shape index (κ3) is 5.56. The summed E-state index contributed by atoms with van der Waals surface area (Å²) in [6, 6.07) is 7.90. The Kier molecular flexibility index (Phi) is 7.06. The van der Waals surface area contributed by atoms with Gasteiger partial charge in [-0.2, -0.15) is 0 Å². The summed E-state index contributed by atoms with van der Waals surface area (Å²) in [5.41, 5.74) is 2.07. The van der Waals surface area contributed by atoms with Crippen LogP contribution in [0.3, 0.4) is 0 Å². The van der Waals surface area contributed by atoms with E-state index in [0.717, 1.165) is 37.2 Å². The number of hydrogen-bond acceptors (Lipinski definition) is 3. The highest BCUT2D eigenvalue weighted by Crippen LogP contribution is 2.27. The van der Waals surface area contributed by atoms with Gasteiger partial charge in [0.1, 0.15) is 0 Å². The predicted octanol–water partition coefficient (Wildman–Crippen LogP) is 2.96. The highest BCUT2D eigenvalue weighted by Gasteiger charge is 2.26. The summed E-state index contributed by atoms with van der Waals surface area (Å²) < 4.78 is 0. The number of carbonyl (C=O) groups is 2. The van der Waals surface area contributed by atoms with Crippen molar-refractivity contribution >= 4 is 17.5 Å². The molecule has 0 aliphatic carbocycles. The van der Waals surface area contributed by atoms with Crippen LogP contribution in [-0.2, 0) is 16.0 Å². The van der Waals surface area contributed by atoms with Gasteiger partial charge in [-0.3, -0.25) is 9.59 Å². The summed E-state index contributed by atoms with van der Waals surface area (Å²) in [6.45, 7) is 4.20. The molecule has 2 aliphatic rings. The maximum absolute atomic E-state index is 12.2. The van der Waals surface area contributed by atoms with E-state index < -0.39 is 0 Å². The summed E-state index contributed by atoms with van der Waals surface area (Å²) >= 11 is 0. The van der Waals surface area contributed by atoms with Crippen molar-refractivity contribution in [2.75, 3.05) is 31.5 Å². The van der Waals surface area contributed by atoms with Crippen LogP contribution in [0.5, 0.6) is 0 Å². The first-order chi connectivity index (χ1) is 12.7. The van der Waals surface area contributed by atoms with Crippen molar-refractivity contribution in [3.05, 3.63) is 29.8 Å². The van der Waals surface area contributed by atoms with Gasteiger partial charge in [0.25, 0.3) is 0 Å². The lowest BCUT2D eigenvalue weighted by molar-refractivity contribution is -0.122. The number of anilines is 1. The summed E-state index contributed by atoms with van der Waals surface area (Å²) in [6.07, 6.45) is 8.08. The second-order valence-electron chi connectivity index (χ2n) is 7.55. The Morgan fingerprint density at radius 3 is 2.73 bits per heavy atom. The van der Waals surface area contributed by atoms with Gasteiger partial charge in [-0.15, -0.1) is 0 Å². The first-order valence-electron chi connectivity index (χ1n) is 10.1. The number of nitrogens with one attached hydrogen (secondary N) is 2. The summed E-state index contributed by atoms with van der Waals surface area (Å²) in [7, 11) is 0. The van der Waals surface area contributed by atoms with Gasteiger partial charge < -0.3 is 15.5 Å². The van der Waals surface area contributed by atoms with Gasteiger partial charge in [0.15, 0.2) is 0 Å². The van der Waals surface area contributed by atoms with Gasteiger partial charge in [0, 0.05) is 24.6 Å². The number of likely N-dealkylation sites (tertiary alicyclic amines) is 1. The Balaban J connectivity index is 1.32. The zero-order valence-corrected chi connectivity index (χ0v) is 15.6. The fourth-order valence-electron chi connectivity index (χ4n) is 3.93. The lowest BCUT2D eigenvalue weighted by Gasteiger charge is -2.24. The molecule has 0 spiro atoms. The number of fused-ring (bicyclic) bond motifs is 1. The van der Waals surface area contributed by atoms with E-state index in [-0.39, 0.29) is 17.7 Å². The molecule has 1 unspecified atom stereocenters. The molecule has 0 aromatic heterocycles. The highest BCUT2D eigenvalue weighted by molar-refractivity contribution is 5.96. The fraction of sp³-hybridized carbons (Fsp3) is 0.619. The molecular formula is C21H31N3O2. The number of para-hydroxylation sites is 1. The third-order valence-electron chi connectivity index (χ3n) is 5.50. The molecule has 142 valence electrons. The Hall–Kier alpha value is -1.88. The minimum atomic E-state index is -0.104. The van der Waals surface area contributed by atoms with Crippen molar-refractivity contribution < 1.29 is 9.59 Å². The number of amides is 2. The average molecular weight is 357 g/mol. The van der Waals surface area contributed by atoms with Gasteiger partial charge in [-0.1, -0.05) is 31.0 Å². The van der Waals surface area contributed by atoms with Crippen molar-refractivity contribution in [1.82, 2.24) is 10.2 Å². The van der Waals surface area contributed by atoms with E-state index in [1.54, 1.807) is 0 Å². The number of nitrogens with zero attached hydrogens (tertiary/aromatic N) is 1. The molecule has 26 heavy (non-hydrogen) atoms. The van der Waals surface area contributed by atoms with E-state index in [1.807, 2.05) is 24.3 Å². The molecule has 2 heterocycles. The van der Waals surface area contributed by atoms with Gasteiger partial charge in [-0.05, 0) is 63.4 Å². The number of carbonyl (C=O) groups excluding carboxylic acids is 2. The number of hydrogen-bond donors (Lipinski definition) is 2. The molecule has 2 N–H and O–H groups in total. The van der Waals surface area contributed by atoms with Crippen LogP contribution in [0.4, 0.5) is 5.69 Å². The SMILES string of the molecule is O=C(CCC1Cc2ccccc2NC1=O)NCCCN1CCCCCC1. The van der Waals surface area contributed by atoms with E-state index in [1.165, 1.54) is 38.8 Å². The van der Waals surface area contributed by atoms with Crippen LogP contribution in [0.1, 0.15) is 50.5 Å². The fourth-order valence-corrected chi connectivity index (χ4v) is 3.93. The van der Waals surface area contributed by atoms with Crippen molar-refractivity contribution in [3.63, 3.8) is 0 Å². The molecule has 1 aromatic carbocycles. The van der Waals surface area contributed by atoms with E-state index in [2.05, 4.69) is 15.5 Å². The van der Waals surface area contributed by atoms with Crippen LogP contribution in [0, 0.1) is 5.92 Å². The summed E-state index contributed by atoms with van der Waals surface area (Å²) in [4.78, 5) is 26.8. The van der Waals surface area contributed by atoms with Gasteiger partial charge in [0.05, 0.1) is 0 Å². The van der Waals surface area contributed by atoms with Crippen LogP contribution >= 0.6 is 0 Å². The molecule has 5 heteroatoms. The normalized spacial score (nSPS) is 20.8. The quantitative estimate of drug-likeness (QED) is 0.738. The summed E-state index contributed by atoms with van der Waals surface area (Å²) in [5.74, 6) is -0.00191. The van der Waals surface area contributed by atoms with Crippen molar-refractivity contribution in [1.29, 1.82) is 0 Å². The Bertz CT molecular complexity index is 609. The van der Waals surface area contributed by atoms with Gasteiger partial charge in [-0.25, -0.2) is 0 Å². The molecular weight excluding hydrogens is 326 g/mol. The first kappa shape index (κ1) is 18.9. The minimum Gasteiger partial charge on any atom is -0.356 e. The Labute approximate surface area is 156 Å².